The average Bonchev–Trinajstić information content (AvgIpc) is 2.26. The molecular weight excluding hydrogens is 229 g/mol. The number of aryl methyl sites for hydroxylation is 1. The van der Waals surface area contributed by atoms with Gasteiger partial charge in [0.2, 0.25) is 0 Å². The van der Waals surface area contributed by atoms with Gasteiger partial charge in [0.15, 0.2) is 0 Å². The molecule has 0 saturated heterocycles. The SMILES string of the molecule is NC(CCCC(F)(F)F)CCc1ccccn1. The Morgan fingerprint density at radius 2 is 2.00 bits per heavy atom. The lowest BCUT2D eigenvalue weighted by Crippen LogP contribution is -2.21. The maximum absolute atomic E-state index is 11.9. The number of pyridine rings is 1. The summed E-state index contributed by atoms with van der Waals surface area (Å²) in [6.45, 7) is 0. The van der Waals surface area contributed by atoms with Crippen molar-refractivity contribution in [3.63, 3.8) is 0 Å². The standard InChI is InChI=1S/C12H17F3N2/c13-12(14,15)8-3-4-10(16)6-7-11-5-1-2-9-17-11/h1-2,5,9-10H,3-4,6-8,16H2. The first-order valence-corrected chi connectivity index (χ1v) is 5.69. The van der Waals surface area contributed by atoms with Crippen LogP contribution in [0.1, 0.15) is 31.4 Å². The molecule has 0 aliphatic rings. The van der Waals surface area contributed by atoms with E-state index >= 15 is 0 Å². The largest absolute Gasteiger partial charge is 0.389 e. The van der Waals surface area contributed by atoms with Crippen LogP contribution in [0.25, 0.3) is 0 Å². The van der Waals surface area contributed by atoms with Crippen molar-refractivity contribution in [1.29, 1.82) is 0 Å². The molecule has 0 aromatic carbocycles. The molecule has 2 nitrogen and oxygen atoms in total. The Hall–Kier alpha value is -1.10. The van der Waals surface area contributed by atoms with Gasteiger partial charge in [-0.1, -0.05) is 6.07 Å². The highest BCUT2D eigenvalue weighted by Gasteiger charge is 2.26. The molecule has 0 saturated carbocycles. The van der Waals surface area contributed by atoms with Gasteiger partial charge in [0.1, 0.15) is 0 Å². The summed E-state index contributed by atoms with van der Waals surface area (Å²) in [4.78, 5) is 4.13. The summed E-state index contributed by atoms with van der Waals surface area (Å²) < 4.78 is 35.7. The second-order valence-corrected chi connectivity index (χ2v) is 4.13. The van der Waals surface area contributed by atoms with Gasteiger partial charge in [-0.2, -0.15) is 13.2 Å². The molecule has 1 atom stereocenters. The number of nitrogens with zero attached hydrogens (tertiary/aromatic N) is 1. The zero-order chi connectivity index (χ0) is 12.7. The average molecular weight is 246 g/mol. The van der Waals surface area contributed by atoms with Gasteiger partial charge < -0.3 is 5.73 Å². The highest BCUT2D eigenvalue weighted by molar-refractivity contribution is 5.03. The minimum atomic E-state index is -4.07. The summed E-state index contributed by atoms with van der Waals surface area (Å²) in [5.74, 6) is 0. The molecule has 0 radical (unpaired) electrons. The van der Waals surface area contributed by atoms with Crippen LogP contribution >= 0.6 is 0 Å². The summed E-state index contributed by atoms with van der Waals surface area (Å²) in [5.41, 5.74) is 6.69. The van der Waals surface area contributed by atoms with Crippen LogP contribution in [0.5, 0.6) is 0 Å². The van der Waals surface area contributed by atoms with Crippen LogP contribution in [-0.2, 0) is 6.42 Å². The van der Waals surface area contributed by atoms with Crippen molar-refractivity contribution >= 4 is 0 Å². The lowest BCUT2D eigenvalue weighted by Gasteiger charge is -2.12. The zero-order valence-electron chi connectivity index (χ0n) is 9.58. The van der Waals surface area contributed by atoms with Crippen molar-refractivity contribution in [1.82, 2.24) is 4.98 Å². The molecule has 1 aromatic rings. The van der Waals surface area contributed by atoms with E-state index in [0.29, 0.717) is 19.3 Å². The van der Waals surface area contributed by atoms with Gasteiger partial charge in [-0.05, 0) is 37.8 Å². The summed E-state index contributed by atoms with van der Waals surface area (Å²) in [7, 11) is 0. The van der Waals surface area contributed by atoms with Crippen molar-refractivity contribution in [3.05, 3.63) is 30.1 Å². The molecule has 96 valence electrons. The van der Waals surface area contributed by atoms with E-state index in [1.54, 1.807) is 6.20 Å². The molecule has 0 spiro atoms. The number of aromatic nitrogens is 1. The fourth-order valence-corrected chi connectivity index (χ4v) is 1.59. The van der Waals surface area contributed by atoms with Gasteiger partial charge in [0.05, 0.1) is 0 Å². The van der Waals surface area contributed by atoms with Gasteiger partial charge in [0.25, 0.3) is 0 Å². The van der Waals surface area contributed by atoms with E-state index in [0.717, 1.165) is 5.69 Å². The molecule has 1 unspecified atom stereocenters. The van der Waals surface area contributed by atoms with Crippen LogP contribution in [0.3, 0.4) is 0 Å². The molecule has 17 heavy (non-hydrogen) atoms. The first-order chi connectivity index (χ1) is 7.97. The Morgan fingerprint density at radius 1 is 1.24 bits per heavy atom. The maximum Gasteiger partial charge on any atom is 0.389 e. The lowest BCUT2D eigenvalue weighted by molar-refractivity contribution is -0.135. The Bertz CT molecular complexity index is 311. The zero-order valence-corrected chi connectivity index (χ0v) is 9.58. The first-order valence-electron chi connectivity index (χ1n) is 5.69. The van der Waals surface area contributed by atoms with Crippen molar-refractivity contribution in [2.75, 3.05) is 0 Å². The van der Waals surface area contributed by atoms with Crippen molar-refractivity contribution in [3.8, 4) is 0 Å². The van der Waals surface area contributed by atoms with E-state index in [9.17, 15) is 13.2 Å². The number of alkyl halides is 3. The van der Waals surface area contributed by atoms with Gasteiger partial charge in [-0.25, -0.2) is 0 Å². The normalized spacial score (nSPS) is 13.6. The fraction of sp³-hybridized carbons (Fsp3) is 0.583. The molecule has 5 heteroatoms. The van der Waals surface area contributed by atoms with E-state index in [2.05, 4.69) is 4.98 Å². The Labute approximate surface area is 99.0 Å². The molecule has 1 aromatic heterocycles. The molecule has 2 N–H and O–H groups in total. The van der Waals surface area contributed by atoms with Crippen LogP contribution in [0.2, 0.25) is 0 Å². The van der Waals surface area contributed by atoms with Gasteiger partial charge in [-0.15, -0.1) is 0 Å². The topological polar surface area (TPSA) is 38.9 Å². The molecule has 0 fully saturated rings. The summed E-state index contributed by atoms with van der Waals surface area (Å²) >= 11 is 0. The minimum Gasteiger partial charge on any atom is -0.328 e. The van der Waals surface area contributed by atoms with E-state index in [-0.39, 0.29) is 12.5 Å². The van der Waals surface area contributed by atoms with Crippen LogP contribution in [0, 0.1) is 0 Å². The number of hydrogen-bond acceptors (Lipinski definition) is 2. The number of hydrogen-bond donors (Lipinski definition) is 1. The second-order valence-electron chi connectivity index (χ2n) is 4.13. The molecule has 0 aliphatic heterocycles. The molecular formula is C12H17F3N2. The summed E-state index contributed by atoms with van der Waals surface area (Å²) in [5, 5.41) is 0. The predicted molar refractivity (Wildman–Crippen MR) is 60.4 cm³/mol. The molecule has 1 heterocycles. The highest BCUT2D eigenvalue weighted by Crippen LogP contribution is 2.22. The Balaban J connectivity index is 2.15. The monoisotopic (exact) mass is 246 g/mol. The second kappa shape index (κ2) is 6.59. The smallest absolute Gasteiger partial charge is 0.328 e. The van der Waals surface area contributed by atoms with Crippen LogP contribution in [-0.4, -0.2) is 17.2 Å². The Morgan fingerprint density at radius 3 is 2.59 bits per heavy atom. The third kappa shape index (κ3) is 6.94. The highest BCUT2D eigenvalue weighted by atomic mass is 19.4. The third-order valence-electron chi connectivity index (χ3n) is 2.53. The van der Waals surface area contributed by atoms with E-state index in [1.165, 1.54) is 0 Å². The quantitative estimate of drug-likeness (QED) is 0.837. The molecule has 1 rings (SSSR count). The fourth-order valence-electron chi connectivity index (χ4n) is 1.59. The maximum atomic E-state index is 11.9. The third-order valence-corrected chi connectivity index (χ3v) is 2.53. The van der Waals surface area contributed by atoms with E-state index in [4.69, 9.17) is 5.73 Å². The number of halogens is 3. The predicted octanol–water partition coefficient (Wildman–Crippen LogP) is 3.07. The Kier molecular flexibility index (Phi) is 5.41. The van der Waals surface area contributed by atoms with Gasteiger partial charge in [0, 0.05) is 24.4 Å². The summed E-state index contributed by atoms with van der Waals surface area (Å²) in [6.07, 6.45) is -1.21. The van der Waals surface area contributed by atoms with Crippen LogP contribution in [0.15, 0.2) is 24.4 Å². The first kappa shape index (κ1) is 14.0. The van der Waals surface area contributed by atoms with E-state index < -0.39 is 12.6 Å². The van der Waals surface area contributed by atoms with Crippen molar-refractivity contribution in [2.45, 2.75) is 44.3 Å². The minimum absolute atomic E-state index is 0.104. The van der Waals surface area contributed by atoms with Gasteiger partial charge >= 0.3 is 6.18 Å². The lowest BCUT2D eigenvalue weighted by atomic mass is 10.0. The molecule has 0 aliphatic carbocycles. The van der Waals surface area contributed by atoms with Crippen molar-refractivity contribution < 1.29 is 13.2 Å². The summed E-state index contributed by atoms with van der Waals surface area (Å²) in [6, 6.07) is 5.42. The van der Waals surface area contributed by atoms with Gasteiger partial charge in [-0.3, -0.25) is 4.98 Å². The number of nitrogens with two attached hydrogens (primary N) is 1. The van der Waals surface area contributed by atoms with Crippen molar-refractivity contribution in [2.24, 2.45) is 5.73 Å². The van der Waals surface area contributed by atoms with E-state index in [1.807, 2.05) is 18.2 Å². The number of rotatable bonds is 6. The van der Waals surface area contributed by atoms with Crippen LogP contribution < -0.4 is 5.73 Å². The van der Waals surface area contributed by atoms with Crippen LogP contribution in [0.4, 0.5) is 13.2 Å². The molecule has 0 bridgehead atoms. The molecule has 0 amide bonds.